The van der Waals surface area contributed by atoms with Crippen LogP contribution >= 0.6 is 0 Å². The van der Waals surface area contributed by atoms with E-state index < -0.39 is 0 Å². The van der Waals surface area contributed by atoms with Crippen LogP contribution in [-0.4, -0.2) is 4.57 Å². The number of aromatic nitrogens is 2. The maximum atomic E-state index is 2.57. The van der Waals surface area contributed by atoms with Gasteiger partial charge in [0.05, 0.1) is 19.5 Å². The molecule has 1 heterocycles. The van der Waals surface area contributed by atoms with Gasteiger partial charge in [0.2, 0.25) is 0 Å². The van der Waals surface area contributed by atoms with Gasteiger partial charge in [-0.15, -0.1) is 0 Å². The Labute approximate surface area is 301 Å². The van der Waals surface area contributed by atoms with Gasteiger partial charge in [-0.1, -0.05) is 224 Å². The molecule has 2 heteroatoms. The van der Waals surface area contributed by atoms with Gasteiger partial charge in [0.25, 0.3) is 5.82 Å². The normalized spacial score (nSPS) is 11.5. The van der Waals surface area contributed by atoms with Gasteiger partial charge in [0.1, 0.15) is 12.4 Å². The van der Waals surface area contributed by atoms with Crippen molar-refractivity contribution in [1.82, 2.24) is 4.57 Å². The second kappa shape index (κ2) is 32.6. The molecule has 276 valence electrons. The van der Waals surface area contributed by atoms with Crippen molar-refractivity contribution in [3.8, 4) is 0 Å². The van der Waals surface area contributed by atoms with Crippen LogP contribution in [0.2, 0.25) is 0 Å². The zero-order valence-electron chi connectivity index (χ0n) is 32.7. The third kappa shape index (κ3) is 23.7. The van der Waals surface area contributed by atoms with E-state index >= 15 is 0 Å². The van der Waals surface area contributed by atoms with Gasteiger partial charge in [-0.05, 0) is 31.2 Å². The summed E-state index contributed by atoms with van der Waals surface area (Å²) in [5.41, 5.74) is 1.44. The number of benzene rings is 1. The van der Waals surface area contributed by atoms with Crippen molar-refractivity contribution in [1.29, 1.82) is 0 Å². The monoisotopic (exact) mass is 664 g/mol. The van der Waals surface area contributed by atoms with Crippen molar-refractivity contribution in [2.24, 2.45) is 0 Å². The molecule has 2 nitrogen and oxygen atoms in total. The Kier molecular flexibility index (Phi) is 29.0. The first-order valence-corrected chi connectivity index (χ1v) is 22.0. The van der Waals surface area contributed by atoms with E-state index in [2.05, 4.69) is 65.7 Å². The number of hydrogen-bond donors (Lipinski definition) is 0. The quantitative estimate of drug-likeness (QED) is 0.0507. The second-order valence-electron chi connectivity index (χ2n) is 15.4. The molecule has 0 aliphatic rings. The predicted molar refractivity (Wildman–Crippen MR) is 213 cm³/mol. The highest BCUT2D eigenvalue weighted by molar-refractivity contribution is 5.18. The fourth-order valence-corrected chi connectivity index (χ4v) is 7.55. The Morgan fingerprint density at radius 2 is 0.771 bits per heavy atom. The molecule has 48 heavy (non-hydrogen) atoms. The molecule has 0 atom stereocenters. The van der Waals surface area contributed by atoms with Crippen molar-refractivity contribution < 1.29 is 4.57 Å². The molecule has 2 aromatic rings. The van der Waals surface area contributed by atoms with Crippen molar-refractivity contribution in [3.63, 3.8) is 0 Å². The maximum Gasteiger partial charge on any atom is 0.260 e. The van der Waals surface area contributed by atoms with E-state index in [1.54, 1.807) is 0 Å². The van der Waals surface area contributed by atoms with E-state index in [4.69, 9.17) is 0 Å². The summed E-state index contributed by atoms with van der Waals surface area (Å²) in [6.45, 7) is 6.96. The number of aryl methyl sites for hydroxylation is 2. The van der Waals surface area contributed by atoms with Gasteiger partial charge in [-0.25, -0.2) is 9.13 Å². The Hall–Kier alpha value is -1.57. The summed E-state index contributed by atoms with van der Waals surface area (Å²) in [4.78, 5) is 0. The van der Waals surface area contributed by atoms with Gasteiger partial charge >= 0.3 is 0 Å². The molecule has 1 aromatic heterocycles. The highest BCUT2D eigenvalue weighted by Gasteiger charge is 2.17. The van der Waals surface area contributed by atoms with E-state index in [1.807, 2.05) is 0 Å². The SMILES string of the molecule is CCCCCCCCCCCCCCCCCCCn1cc[n+](CCCCCCCCCCCCCCCCC)c1Cc1ccccc1. The number of imidazole rings is 1. The maximum absolute atomic E-state index is 2.57. The minimum atomic E-state index is 1.05. The Morgan fingerprint density at radius 1 is 0.417 bits per heavy atom. The number of hydrogen-bond acceptors (Lipinski definition) is 0. The molecule has 0 bridgehead atoms. The van der Waals surface area contributed by atoms with E-state index in [0.717, 1.165) is 6.42 Å². The zero-order valence-corrected chi connectivity index (χ0v) is 32.7. The molecule has 0 fully saturated rings. The summed E-state index contributed by atoms with van der Waals surface area (Å²) in [6.07, 6.45) is 51.7. The summed E-state index contributed by atoms with van der Waals surface area (Å²) in [7, 11) is 0. The Balaban J connectivity index is 1.52. The first kappa shape index (κ1) is 42.6. The number of nitrogens with zero attached hydrogens (tertiary/aromatic N) is 2. The number of rotatable bonds is 36. The fourth-order valence-electron chi connectivity index (χ4n) is 7.55. The van der Waals surface area contributed by atoms with E-state index in [1.165, 1.54) is 230 Å². The average molecular weight is 664 g/mol. The summed E-state index contributed by atoms with van der Waals surface area (Å²) < 4.78 is 5.15. The lowest BCUT2D eigenvalue weighted by atomic mass is 10.0. The van der Waals surface area contributed by atoms with Gasteiger partial charge in [0.15, 0.2) is 0 Å². The predicted octanol–water partition coefficient (Wildman–Crippen LogP) is 14.9. The molecule has 0 unspecified atom stereocenters. The van der Waals surface area contributed by atoms with E-state index in [9.17, 15) is 0 Å². The van der Waals surface area contributed by atoms with Crippen LogP contribution in [0.1, 0.15) is 231 Å². The fraction of sp³-hybridized carbons (Fsp3) is 0.804. The molecule has 0 saturated carbocycles. The van der Waals surface area contributed by atoms with Crippen LogP contribution in [0.15, 0.2) is 42.7 Å². The minimum Gasteiger partial charge on any atom is -0.234 e. The summed E-state index contributed by atoms with van der Waals surface area (Å²) >= 11 is 0. The van der Waals surface area contributed by atoms with Crippen LogP contribution < -0.4 is 4.57 Å². The summed E-state index contributed by atoms with van der Waals surface area (Å²) in [6, 6.07) is 11.1. The smallest absolute Gasteiger partial charge is 0.234 e. The summed E-state index contributed by atoms with van der Waals surface area (Å²) in [5.74, 6) is 1.50. The van der Waals surface area contributed by atoms with Crippen molar-refractivity contribution in [3.05, 3.63) is 54.1 Å². The first-order valence-electron chi connectivity index (χ1n) is 22.0. The lowest BCUT2D eigenvalue weighted by molar-refractivity contribution is -0.703. The van der Waals surface area contributed by atoms with Crippen LogP contribution in [0.3, 0.4) is 0 Å². The Morgan fingerprint density at radius 3 is 1.17 bits per heavy atom. The number of unbranched alkanes of at least 4 members (excludes halogenated alkanes) is 30. The lowest BCUT2D eigenvalue weighted by Gasteiger charge is -2.07. The van der Waals surface area contributed by atoms with Crippen LogP contribution in [0, 0.1) is 0 Å². The molecule has 0 aliphatic heterocycles. The van der Waals surface area contributed by atoms with Crippen LogP contribution in [-0.2, 0) is 19.5 Å². The Bertz CT molecular complexity index is 915. The molecular weight excluding hydrogens is 581 g/mol. The van der Waals surface area contributed by atoms with Crippen molar-refractivity contribution in [2.45, 2.75) is 239 Å². The molecule has 0 radical (unpaired) electrons. The molecular formula is C46H83N2+. The van der Waals surface area contributed by atoms with Gasteiger partial charge < -0.3 is 0 Å². The molecule has 0 spiro atoms. The molecule has 1 aromatic carbocycles. The zero-order chi connectivity index (χ0) is 34.0. The van der Waals surface area contributed by atoms with E-state index in [0.29, 0.717) is 0 Å². The molecule has 0 N–H and O–H groups in total. The first-order chi connectivity index (χ1) is 23.8. The van der Waals surface area contributed by atoms with E-state index in [-0.39, 0.29) is 0 Å². The van der Waals surface area contributed by atoms with Gasteiger partial charge in [-0.3, -0.25) is 0 Å². The lowest BCUT2D eigenvalue weighted by Crippen LogP contribution is -2.37. The van der Waals surface area contributed by atoms with Gasteiger partial charge in [-0.2, -0.15) is 0 Å². The third-order valence-corrected chi connectivity index (χ3v) is 10.8. The topological polar surface area (TPSA) is 8.81 Å². The van der Waals surface area contributed by atoms with Crippen molar-refractivity contribution >= 4 is 0 Å². The van der Waals surface area contributed by atoms with Crippen LogP contribution in [0.5, 0.6) is 0 Å². The highest BCUT2D eigenvalue weighted by Crippen LogP contribution is 2.16. The summed E-state index contributed by atoms with van der Waals surface area (Å²) in [5, 5.41) is 0. The average Bonchev–Trinajstić information content (AvgIpc) is 3.48. The highest BCUT2D eigenvalue weighted by atomic mass is 15.1. The van der Waals surface area contributed by atoms with Crippen molar-refractivity contribution in [2.75, 3.05) is 0 Å². The van der Waals surface area contributed by atoms with Crippen LogP contribution in [0.25, 0.3) is 0 Å². The van der Waals surface area contributed by atoms with Gasteiger partial charge in [0, 0.05) is 0 Å². The third-order valence-electron chi connectivity index (χ3n) is 10.8. The molecule has 2 rings (SSSR count). The van der Waals surface area contributed by atoms with Crippen LogP contribution in [0.4, 0.5) is 0 Å². The largest absolute Gasteiger partial charge is 0.260 e. The second-order valence-corrected chi connectivity index (χ2v) is 15.4. The standard InChI is InChI=1S/C46H83N2/c1-3-5-7-9-11-13-15-17-19-20-22-24-26-28-30-32-37-41-48-43-42-47(46(48)44-45-38-34-33-35-39-45)40-36-31-29-27-25-23-21-18-16-14-12-10-8-6-4-2/h33-35,38-39,42-43H,3-32,36-37,40-41,44H2,1-2H3/q+1. The molecule has 0 saturated heterocycles. The molecule has 0 aliphatic carbocycles. The minimum absolute atomic E-state index is 1.05. The molecule has 0 amide bonds.